The van der Waals surface area contributed by atoms with E-state index >= 15 is 0 Å². The van der Waals surface area contributed by atoms with Crippen LogP contribution in [0.25, 0.3) is 22.4 Å². The SMILES string of the molecule is Cc1ccc(-c2cc(C(=O)Nc3cccc(S(=O)(=O)N(C)C)c3)c3c(C)noc3n2)cc1. The van der Waals surface area contributed by atoms with Crippen molar-refractivity contribution in [1.29, 1.82) is 0 Å². The zero-order valence-electron chi connectivity index (χ0n) is 18.1. The molecular formula is C23H22N4O4S. The Labute approximate surface area is 185 Å². The Kier molecular flexibility index (Phi) is 5.53. The highest BCUT2D eigenvalue weighted by atomic mass is 32.2. The molecule has 2 aromatic carbocycles. The van der Waals surface area contributed by atoms with Crippen molar-refractivity contribution in [1.82, 2.24) is 14.4 Å². The lowest BCUT2D eigenvalue weighted by molar-refractivity contribution is 0.102. The first-order valence-electron chi connectivity index (χ1n) is 9.85. The van der Waals surface area contributed by atoms with Crippen LogP contribution in [0.1, 0.15) is 21.6 Å². The predicted octanol–water partition coefficient (Wildman–Crippen LogP) is 4.01. The van der Waals surface area contributed by atoms with Gasteiger partial charge in [-0.1, -0.05) is 41.1 Å². The van der Waals surface area contributed by atoms with Crippen LogP contribution in [0.3, 0.4) is 0 Å². The predicted molar refractivity (Wildman–Crippen MR) is 122 cm³/mol. The summed E-state index contributed by atoms with van der Waals surface area (Å²) in [6.45, 7) is 3.73. The standard InChI is InChI=1S/C23H22N4O4S/c1-14-8-10-16(11-9-14)20-13-19(21-15(2)26-31-23(21)25-20)22(28)24-17-6-5-7-18(12-17)32(29,30)27(3)4/h5-13H,1-4H3,(H,24,28). The zero-order chi connectivity index (χ0) is 23.0. The summed E-state index contributed by atoms with van der Waals surface area (Å²) in [6.07, 6.45) is 0. The third-order valence-electron chi connectivity index (χ3n) is 5.08. The third-order valence-corrected chi connectivity index (χ3v) is 6.89. The van der Waals surface area contributed by atoms with Crippen molar-refractivity contribution in [3.8, 4) is 11.3 Å². The van der Waals surface area contributed by atoms with E-state index in [1.54, 1.807) is 25.1 Å². The number of aryl methyl sites for hydroxylation is 2. The maximum absolute atomic E-state index is 13.2. The summed E-state index contributed by atoms with van der Waals surface area (Å²) < 4.78 is 31.3. The Morgan fingerprint density at radius 3 is 2.44 bits per heavy atom. The Hall–Kier alpha value is -3.56. The topological polar surface area (TPSA) is 105 Å². The molecule has 1 amide bonds. The lowest BCUT2D eigenvalue weighted by Gasteiger charge is -2.13. The smallest absolute Gasteiger partial charge is 0.259 e. The molecule has 32 heavy (non-hydrogen) atoms. The van der Waals surface area contributed by atoms with Crippen LogP contribution >= 0.6 is 0 Å². The molecule has 0 aliphatic carbocycles. The second kappa shape index (κ2) is 8.18. The van der Waals surface area contributed by atoms with Crippen LogP contribution in [0, 0.1) is 13.8 Å². The van der Waals surface area contributed by atoms with Gasteiger partial charge in [-0.2, -0.15) is 0 Å². The molecule has 0 unspecified atom stereocenters. The summed E-state index contributed by atoms with van der Waals surface area (Å²) >= 11 is 0. The molecule has 0 atom stereocenters. The minimum absolute atomic E-state index is 0.0849. The Balaban J connectivity index is 1.76. The van der Waals surface area contributed by atoms with Crippen molar-refractivity contribution in [2.45, 2.75) is 18.7 Å². The van der Waals surface area contributed by atoms with E-state index in [0.29, 0.717) is 28.0 Å². The van der Waals surface area contributed by atoms with Gasteiger partial charge in [0.05, 0.1) is 27.2 Å². The highest BCUT2D eigenvalue weighted by molar-refractivity contribution is 7.89. The number of carbonyl (C=O) groups is 1. The highest BCUT2D eigenvalue weighted by Gasteiger charge is 2.21. The van der Waals surface area contributed by atoms with Gasteiger partial charge >= 0.3 is 0 Å². The summed E-state index contributed by atoms with van der Waals surface area (Å²) in [5.74, 6) is -0.420. The van der Waals surface area contributed by atoms with Crippen LogP contribution in [-0.2, 0) is 10.0 Å². The molecule has 0 aliphatic heterocycles. The van der Waals surface area contributed by atoms with Crippen LogP contribution in [-0.4, -0.2) is 42.9 Å². The number of hydrogen-bond donors (Lipinski definition) is 1. The fourth-order valence-corrected chi connectivity index (χ4v) is 4.24. The van der Waals surface area contributed by atoms with Crippen molar-refractivity contribution in [2.75, 3.05) is 19.4 Å². The Morgan fingerprint density at radius 2 is 1.75 bits per heavy atom. The lowest BCUT2D eigenvalue weighted by Crippen LogP contribution is -2.22. The van der Waals surface area contributed by atoms with Crippen LogP contribution in [0.4, 0.5) is 5.69 Å². The molecule has 2 heterocycles. The largest absolute Gasteiger partial charge is 0.335 e. The van der Waals surface area contributed by atoms with E-state index in [1.165, 1.54) is 26.2 Å². The van der Waals surface area contributed by atoms with E-state index in [1.807, 2.05) is 31.2 Å². The molecule has 0 spiro atoms. The lowest BCUT2D eigenvalue weighted by atomic mass is 10.0. The molecular weight excluding hydrogens is 428 g/mol. The average Bonchev–Trinajstić information content (AvgIpc) is 3.14. The number of carbonyl (C=O) groups excluding carboxylic acids is 1. The fraction of sp³-hybridized carbons (Fsp3) is 0.174. The summed E-state index contributed by atoms with van der Waals surface area (Å²) in [6, 6.07) is 15.6. The van der Waals surface area contributed by atoms with Crippen molar-refractivity contribution in [2.24, 2.45) is 0 Å². The molecule has 0 bridgehead atoms. The van der Waals surface area contributed by atoms with E-state index in [2.05, 4.69) is 15.5 Å². The van der Waals surface area contributed by atoms with Gasteiger partial charge in [0.25, 0.3) is 11.6 Å². The Bertz CT molecular complexity index is 1420. The zero-order valence-corrected chi connectivity index (χ0v) is 18.9. The number of nitrogens with one attached hydrogen (secondary N) is 1. The molecule has 1 N–H and O–H groups in total. The minimum Gasteiger partial charge on any atom is -0.335 e. The van der Waals surface area contributed by atoms with Gasteiger partial charge in [-0.05, 0) is 38.1 Å². The van der Waals surface area contributed by atoms with Gasteiger partial charge in [0.1, 0.15) is 0 Å². The normalized spacial score (nSPS) is 11.8. The molecule has 164 valence electrons. The van der Waals surface area contributed by atoms with Gasteiger partial charge in [0, 0.05) is 25.3 Å². The quantitative estimate of drug-likeness (QED) is 0.493. The molecule has 0 saturated heterocycles. The molecule has 0 radical (unpaired) electrons. The summed E-state index contributed by atoms with van der Waals surface area (Å²) in [5, 5.41) is 7.26. The number of fused-ring (bicyclic) bond motifs is 1. The van der Waals surface area contributed by atoms with E-state index in [-0.39, 0.29) is 10.6 Å². The third kappa shape index (κ3) is 4.00. The van der Waals surface area contributed by atoms with Gasteiger partial charge in [0.2, 0.25) is 10.0 Å². The summed E-state index contributed by atoms with van der Waals surface area (Å²) in [5.41, 5.74) is 4.00. The molecule has 8 nitrogen and oxygen atoms in total. The van der Waals surface area contributed by atoms with E-state index < -0.39 is 15.9 Å². The van der Waals surface area contributed by atoms with Gasteiger partial charge in [-0.15, -0.1) is 0 Å². The first-order chi connectivity index (χ1) is 15.2. The number of hydrogen-bond acceptors (Lipinski definition) is 6. The van der Waals surface area contributed by atoms with Crippen LogP contribution < -0.4 is 5.32 Å². The number of nitrogens with zero attached hydrogens (tertiary/aromatic N) is 3. The second-order valence-electron chi connectivity index (χ2n) is 7.64. The van der Waals surface area contributed by atoms with Crippen LogP contribution in [0.5, 0.6) is 0 Å². The summed E-state index contributed by atoms with van der Waals surface area (Å²) in [7, 11) is -0.724. The van der Waals surface area contributed by atoms with Crippen LogP contribution in [0.15, 0.2) is 64.0 Å². The number of amides is 1. The Morgan fingerprint density at radius 1 is 1.03 bits per heavy atom. The highest BCUT2D eigenvalue weighted by Crippen LogP contribution is 2.28. The molecule has 0 aliphatic rings. The van der Waals surface area contributed by atoms with Crippen molar-refractivity contribution < 1.29 is 17.7 Å². The van der Waals surface area contributed by atoms with Gasteiger partial charge in [-0.25, -0.2) is 17.7 Å². The molecule has 9 heteroatoms. The van der Waals surface area contributed by atoms with Crippen molar-refractivity contribution in [3.05, 3.63) is 71.4 Å². The van der Waals surface area contributed by atoms with Crippen molar-refractivity contribution >= 4 is 32.7 Å². The van der Waals surface area contributed by atoms with E-state index in [0.717, 1.165) is 15.4 Å². The van der Waals surface area contributed by atoms with E-state index in [9.17, 15) is 13.2 Å². The number of aromatic nitrogens is 2. The first kappa shape index (κ1) is 21.7. The number of sulfonamides is 1. The number of anilines is 1. The van der Waals surface area contributed by atoms with E-state index in [4.69, 9.17) is 4.52 Å². The maximum Gasteiger partial charge on any atom is 0.259 e. The number of pyridine rings is 1. The molecule has 4 aromatic rings. The maximum atomic E-state index is 13.2. The summed E-state index contributed by atoms with van der Waals surface area (Å²) in [4.78, 5) is 17.8. The average molecular weight is 451 g/mol. The minimum atomic E-state index is -3.63. The number of benzene rings is 2. The molecule has 0 fully saturated rings. The molecule has 2 aromatic heterocycles. The fourth-order valence-electron chi connectivity index (χ4n) is 3.29. The molecule has 4 rings (SSSR count). The second-order valence-corrected chi connectivity index (χ2v) is 9.79. The number of rotatable bonds is 5. The van der Waals surface area contributed by atoms with Crippen molar-refractivity contribution in [3.63, 3.8) is 0 Å². The molecule has 0 saturated carbocycles. The monoisotopic (exact) mass is 450 g/mol. The van der Waals surface area contributed by atoms with Crippen LogP contribution in [0.2, 0.25) is 0 Å². The van der Waals surface area contributed by atoms with Gasteiger partial charge in [0.15, 0.2) is 0 Å². The first-order valence-corrected chi connectivity index (χ1v) is 11.3. The van der Waals surface area contributed by atoms with Gasteiger partial charge < -0.3 is 9.84 Å². The van der Waals surface area contributed by atoms with Gasteiger partial charge in [-0.3, -0.25) is 4.79 Å².